The number of amides is 1. The zero-order chi connectivity index (χ0) is 33.0. The second-order valence-corrected chi connectivity index (χ2v) is 13.3. The molecule has 252 valence electrons. The average Bonchev–Trinajstić information content (AvgIpc) is 3.10. The van der Waals surface area contributed by atoms with Gasteiger partial charge in [0.1, 0.15) is 25.1 Å². The molecule has 0 radical (unpaired) electrons. The first-order chi connectivity index (χ1) is 23.5. The number of halogens is 2. The topological polar surface area (TPSA) is 78.6 Å². The number of hydrogen-bond acceptors (Lipinski definition) is 8. The molecule has 48 heavy (non-hydrogen) atoms. The van der Waals surface area contributed by atoms with E-state index in [1.54, 1.807) is 4.90 Å². The van der Waals surface area contributed by atoms with Crippen molar-refractivity contribution in [3.05, 3.63) is 76.2 Å². The van der Waals surface area contributed by atoms with E-state index < -0.39 is 6.67 Å². The molecule has 4 aliphatic heterocycles. The number of nitrogens with zero attached hydrogens (tertiary/aromatic N) is 7. The lowest BCUT2D eigenvalue weighted by molar-refractivity contribution is -0.128. The number of rotatable bonds is 9. The maximum atomic E-state index is 12.9. The molecule has 7 rings (SSSR count). The Morgan fingerprint density at radius 1 is 1.06 bits per heavy atom. The van der Waals surface area contributed by atoms with E-state index in [1.807, 2.05) is 12.1 Å². The molecule has 1 unspecified atom stereocenters. The third kappa shape index (κ3) is 6.66. The van der Waals surface area contributed by atoms with Crippen LogP contribution in [-0.4, -0.2) is 110 Å². The van der Waals surface area contributed by atoms with Crippen molar-refractivity contribution in [3.63, 3.8) is 0 Å². The van der Waals surface area contributed by atoms with Crippen molar-refractivity contribution < 1.29 is 18.7 Å². The van der Waals surface area contributed by atoms with Crippen LogP contribution in [-0.2, 0) is 22.5 Å². The Balaban J connectivity index is 1.17. The van der Waals surface area contributed by atoms with Gasteiger partial charge in [-0.1, -0.05) is 35.9 Å². The summed E-state index contributed by atoms with van der Waals surface area (Å²) in [4.78, 5) is 35.3. The first kappa shape index (κ1) is 32.6. The zero-order valence-electron chi connectivity index (χ0n) is 27.1. The lowest BCUT2D eigenvalue weighted by Crippen LogP contribution is -2.57. The Hall–Kier alpha value is -3.98. The largest absolute Gasteiger partial charge is 0.462 e. The summed E-state index contributed by atoms with van der Waals surface area (Å²) < 4.78 is 24.8. The molecule has 3 saturated heterocycles. The molecule has 12 heteroatoms. The summed E-state index contributed by atoms with van der Waals surface area (Å²) in [6.45, 7) is 13.0. The van der Waals surface area contributed by atoms with Gasteiger partial charge in [0.2, 0.25) is 12.5 Å². The molecule has 2 aromatic carbocycles. The fourth-order valence-corrected chi connectivity index (χ4v) is 7.89. The Morgan fingerprint density at radius 2 is 1.90 bits per heavy atom. The van der Waals surface area contributed by atoms with Gasteiger partial charge in [-0.25, -0.2) is 11.0 Å². The first-order valence-electron chi connectivity index (χ1n) is 16.9. The summed E-state index contributed by atoms with van der Waals surface area (Å²) in [5, 5.41) is 2.83. The highest BCUT2D eigenvalue weighted by atomic mass is 35.5. The highest BCUT2D eigenvalue weighted by molar-refractivity contribution is 6.36. The molecule has 0 bridgehead atoms. The van der Waals surface area contributed by atoms with E-state index in [0.717, 1.165) is 90.5 Å². The van der Waals surface area contributed by atoms with Crippen molar-refractivity contribution in [3.8, 4) is 6.01 Å². The number of aromatic nitrogens is 2. The fraction of sp³-hybridized carbons (Fsp3) is 0.500. The van der Waals surface area contributed by atoms with Gasteiger partial charge < -0.3 is 29.0 Å². The first-order valence-corrected chi connectivity index (χ1v) is 17.3. The number of carbonyl (C=O) groups excluding carboxylic acids is 1. The minimum Gasteiger partial charge on any atom is -0.462 e. The molecule has 3 aromatic rings. The average molecular weight is 674 g/mol. The van der Waals surface area contributed by atoms with Gasteiger partial charge in [-0.3, -0.25) is 9.69 Å². The molecule has 10 nitrogen and oxygen atoms in total. The van der Waals surface area contributed by atoms with Gasteiger partial charge in [-0.2, -0.15) is 9.97 Å². The number of anilines is 2. The molecular formula is C36H41ClFN7O3. The Kier molecular flexibility index (Phi) is 9.93. The van der Waals surface area contributed by atoms with Gasteiger partial charge in [-0.15, -0.1) is 0 Å². The normalized spacial score (nSPS) is 22.1. The van der Waals surface area contributed by atoms with Crippen LogP contribution in [0, 0.1) is 6.57 Å². The molecule has 4 aliphatic rings. The molecule has 0 N–H and O–H groups in total. The van der Waals surface area contributed by atoms with Gasteiger partial charge in [0.15, 0.2) is 0 Å². The van der Waals surface area contributed by atoms with Gasteiger partial charge in [0, 0.05) is 80.7 Å². The number of allylic oxidation sites excluding steroid dienone is 1. The van der Waals surface area contributed by atoms with Gasteiger partial charge in [0.25, 0.3) is 0 Å². The minimum absolute atomic E-state index is 0.154. The number of fused-ring (bicyclic) bond motifs is 2. The second kappa shape index (κ2) is 14.6. The molecule has 1 aromatic heterocycles. The summed E-state index contributed by atoms with van der Waals surface area (Å²) in [6, 6.07) is 13.1. The number of carbonyl (C=O) groups is 1. The number of piperazine rings is 1. The molecule has 0 spiro atoms. The Morgan fingerprint density at radius 3 is 2.67 bits per heavy atom. The van der Waals surface area contributed by atoms with Crippen LogP contribution in [0.25, 0.3) is 15.6 Å². The van der Waals surface area contributed by atoms with Crippen LogP contribution in [0.1, 0.15) is 30.5 Å². The van der Waals surface area contributed by atoms with Crippen molar-refractivity contribution >= 4 is 39.8 Å². The molecule has 2 atom stereocenters. The van der Waals surface area contributed by atoms with Crippen LogP contribution in [0.15, 0.2) is 48.6 Å². The van der Waals surface area contributed by atoms with Crippen LogP contribution >= 0.6 is 11.6 Å². The highest BCUT2D eigenvalue weighted by Gasteiger charge is 2.37. The smallest absolute Gasteiger partial charge is 0.318 e. The van der Waals surface area contributed by atoms with Crippen molar-refractivity contribution in [2.24, 2.45) is 0 Å². The van der Waals surface area contributed by atoms with Gasteiger partial charge in [-0.05, 0) is 49.3 Å². The molecular weight excluding hydrogens is 633 g/mol. The van der Waals surface area contributed by atoms with Gasteiger partial charge in [0.05, 0.1) is 17.3 Å². The Labute approximate surface area is 285 Å². The molecule has 0 aliphatic carbocycles. The van der Waals surface area contributed by atoms with Crippen molar-refractivity contribution in [1.82, 2.24) is 19.8 Å². The number of alkyl halides is 1. The summed E-state index contributed by atoms with van der Waals surface area (Å²) >= 11 is 6.73. The fourth-order valence-electron chi connectivity index (χ4n) is 7.61. The van der Waals surface area contributed by atoms with Crippen LogP contribution in [0.2, 0.25) is 5.02 Å². The lowest BCUT2D eigenvalue weighted by Gasteiger charge is -2.47. The van der Waals surface area contributed by atoms with Crippen LogP contribution in [0.4, 0.5) is 15.9 Å². The number of likely N-dealkylation sites (tertiary alicyclic amines) is 1. The molecule has 3 fully saturated rings. The van der Waals surface area contributed by atoms with E-state index in [9.17, 15) is 9.18 Å². The van der Waals surface area contributed by atoms with E-state index in [-0.39, 0.29) is 18.5 Å². The third-order valence-corrected chi connectivity index (χ3v) is 10.5. The Bertz CT molecular complexity index is 1710. The maximum Gasteiger partial charge on any atom is 0.318 e. The summed E-state index contributed by atoms with van der Waals surface area (Å²) in [6.07, 6.45) is 6.38. The van der Waals surface area contributed by atoms with Gasteiger partial charge >= 0.3 is 6.01 Å². The van der Waals surface area contributed by atoms with Crippen molar-refractivity contribution in [2.75, 3.05) is 75.6 Å². The maximum absolute atomic E-state index is 12.9. The summed E-state index contributed by atoms with van der Waals surface area (Å²) in [5.41, 5.74) is 3.04. The number of ether oxygens (including phenoxy) is 2. The monoisotopic (exact) mass is 673 g/mol. The second-order valence-electron chi connectivity index (χ2n) is 12.9. The molecule has 0 saturated carbocycles. The predicted molar refractivity (Wildman–Crippen MR) is 184 cm³/mol. The third-order valence-electron chi connectivity index (χ3n) is 10.2. The summed E-state index contributed by atoms with van der Waals surface area (Å²) in [5.74, 6) is 0.538. The standard InChI is InChI=1S/C36H41ClFN7O3/c1-39-21-28-22-43(17-18-45(28)33(46)9-4-14-38)35-29-11-15-42(32-8-3-6-25-5-2-7-30(37)34(25)32)23-31(29)40-36(41-35)48-24-27-10-16-44(27)26-12-19-47-20-13-26/h2-9,26-28H,10-24H2/b9-4+/t27?,28-/m0/s1. The van der Waals surface area contributed by atoms with Crippen molar-refractivity contribution in [1.29, 1.82) is 0 Å². The highest BCUT2D eigenvalue weighted by Crippen LogP contribution is 2.37. The summed E-state index contributed by atoms with van der Waals surface area (Å²) in [7, 11) is 0. The van der Waals surface area contributed by atoms with E-state index in [1.165, 1.54) is 12.2 Å². The van der Waals surface area contributed by atoms with E-state index in [0.29, 0.717) is 50.9 Å². The SMILES string of the molecule is [C-]#[N+]C[C@H]1CN(c2nc(OCC3CCN3C3CCOCC3)nc3c2CCN(c2cccc4cccc(Cl)c24)C3)CCN1C(=O)/C=C/CF. The lowest BCUT2D eigenvalue weighted by atomic mass is 9.96. The van der Waals surface area contributed by atoms with Crippen LogP contribution in [0.5, 0.6) is 6.01 Å². The predicted octanol–water partition coefficient (Wildman–Crippen LogP) is 4.94. The molecule has 5 heterocycles. The number of benzene rings is 2. The van der Waals surface area contributed by atoms with Crippen molar-refractivity contribution in [2.45, 2.75) is 50.4 Å². The van der Waals surface area contributed by atoms with Crippen LogP contribution < -0.4 is 14.5 Å². The number of hydrogen-bond donors (Lipinski definition) is 0. The van der Waals surface area contributed by atoms with Crippen LogP contribution in [0.3, 0.4) is 0 Å². The van der Waals surface area contributed by atoms with E-state index >= 15 is 0 Å². The minimum atomic E-state index is -0.704. The van der Waals surface area contributed by atoms with E-state index in [4.69, 9.17) is 37.6 Å². The zero-order valence-corrected chi connectivity index (χ0v) is 27.8. The van der Waals surface area contributed by atoms with E-state index in [2.05, 4.69) is 43.8 Å². The quantitative estimate of drug-likeness (QED) is 0.234. The molecule has 1 amide bonds.